The number of hydrogen-bond acceptors (Lipinski definition) is 4. The van der Waals surface area contributed by atoms with Crippen LogP contribution in [0.15, 0.2) is 35.6 Å². The fourth-order valence-electron chi connectivity index (χ4n) is 3.15. The number of ether oxygens (including phenoxy) is 1. The Bertz CT molecular complexity index is 771. The van der Waals surface area contributed by atoms with E-state index in [4.69, 9.17) is 11.2 Å². The van der Waals surface area contributed by atoms with Gasteiger partial charge in [0.2, 0.25) is 0 Å². The Kier molecular flexibility index (Phi) is 3.75. The van der Waals surface area contributed by atoms with Crippen molar-refractivity contribution >= 4 is 11.6 Å². The first-order valence-corrected chi connectivity index (χ1v) is 7.37. The summed E-state index contributed by atoms with van der Waals surface area (Å²) in [7, 11) is 1.46. The number of nitrogens with zero attached hydrogens (tertiary/aromatic N) is 1. The predicted molar refractivity (Wildman–Crippen MR) is 88.4 cm³/mol. The Morgan fingerprint density at radius 1 is 1.52 bits per heavy atom. The molecule has 0 saturated carbocycles. The van der Waals surface area contributed by atoms with Gasteiger partial charge in [0.15, 0.2) is 11.5 Å². The summed E-state index contributed by atoms with van der Waals surface area (Å²) in [6.45, 7) is 2.62. The van der Waals surface area contributed by atoms with Crippen LogP contribution in [0.1, 0.15) is 23.7 Å². The highest BCUT2D eigenvalue weighted by Crippen LogP contribution is 2.39. The number of carbonyl (C=O) groups is 1. The molecular weight excluding hydrogens is 292 g/mol. The maximum absolute atomic E-state index is 13.0. The molecule has 118 valence electrons. The van der Waals surface area contributed by atoms with Crippen LogP contribution in [-0.2, 0) is 0 Å². The van der Waals surface area contributed by atoms with Gasteiger partial charge >= 0.3 is 0 Å². The Hall–Kier alpha value is -2.87. The van der Waals surface area contributed by atoms with Crippen molar-refractivity contribution in [2.75, 3.05) is 19.0 Å². The summed E-state index contributed by atoms with van der Waals surface area (Å²) in [6.07, 6.45) is 9.49. The lowest BCUT2D eigenvalue weighted by molar-refractivity contribution is 0.0784. The Labute approximate surface area is 135 Å². The molecular formula is C18H18N2O3. The summed E-state index contributed by atoms with van der Waals surface area (Å²) in [5.74, 6) is 2.62. The highest BCUT2D eigenvalue weighted by atomic mass is 16.5. The molecule has 0 radical (unpaired) electrons. The summed E-state index contributed by atoms with van der Waals surface area (Å²) in [5.41, 5.74) is 3.06. The van der Waals surface area contributed by atoms with Gasteiger partial charge in [-0.2, -0.15) is 0 Å². The molecule has 5 nitrogen and oxygen atoms in total. The minimum absolute atomic E-state index is 0.00721. The van der Waals surface area contributed by atoms with Crippen LogP contribution in [-0.4, -0.2) is 35.6 Å². The number of amides is 1. The molecule has 1 aromatic carbocycles. The SMILES string of the molecule is C#C/C=C\C1=C(C)C[C@H]2CNc3cc(O)c(OC)cc3C(=O)N12. The maximum atomic E-state index is 13.0. The third-order valence-electron chi connectivity index (χ3n) is 4.24. The first-order chi connectivity index (χ1) is 11.1. The van der Waals surface area contributed by atoms with Crippen LogP contribution in [0.3, 0.4) is 0 Å². The molecule has 2 heterocycles. The topological polar surface area (TPSA) is 61.8 Å². The quantitative estimate of drug-likeness (QED) is 0.824. The lowest BCUT2D eigenvalue weighted by atomic mass is 10.1. The van der Waals surface area contributed by atoms with Crippen molar-refractivity contribution in [3.8, 4) is 23.8 Å². The van der Waals surface area contributed by atoms with E-state index in [9.17, 15) is 9.90 Å². The zero-order valence-corrected chi connectivity index (χ0v) is 13.1. The average Bonchev–Trinajstić information content (AvgIpc) is 2.79. The normalized spacial score (nSPS) is 20.0. The molecule has 0 spiro atoms. The van der Waals surface area contributed by atoms with Crippen LogP contribution < -0.4 is 10.1 Å². The van der Waals surface area contributed by atoms with Gasteiger partial charge in [0.1, 0.15) is 0 Å². The minimum atomic E-state index is -0.123. The van der Waals surface area contributed by atoms with Gasteiger partial charge < -0.3 is 20.1 Å². The number of fused-ring (bicyclic) bond motifs is 2. The second-order valence-electron chi connectivity index (χ2n) is 5.65. The monoisotopic (exact) mass is 310 g/mol. The average molecular weight is 310 g/mol. The van der Waals surface area contributed by atoms with Gasteiger partial charge in [-0.05, 0) is 37.1 Å². The van der Waals surface area contributed by atoms with Crippen molar-refractivity contribution in [2.45, 2.75) is 19.4 Å². The zero-order valence-electron chi connectivity index (χ0n) is 13.1. The summed E-state index contributed by atoms with van der Waals surface area (Å²) in [6, 6.07) is 3.13. The van der Waals surface area contributed by atoms with Crippen molar-refractivity contribution in [2.24, 2.45) is 0 Å². The minimum Gasteiger partial charge on any atom is -0.504 e. The fourth-order valence-corrected chi connectivity index (χ4v) is 3.15. The molecule has 1 amide bonds. The summed E-state index contributed by atoms with van der Waals surface area (Å²) in [5, 5.41) is 13.2. The van der Waals surface area contributed by atoms with E-state index in [2.05, 4.69) is 11.2 Å². The van der Waals surface area contributed by atoms with Crippen LogP contribution in [0.2, 0.25) is 0 Å². The first-order valence-electron chi connectivity index (χ1n) is 7.37. The van der Waals surface area contributed by atoms with Crippen molar-refractivity contribution in [1.29, 1.82) is 0 Å². The largest absolute Gasteiger partial charge is 0.504 e. The second-order valence-corrected chi connectivity index (χ2v) is 5.65. The van der Waals surface area contributed by atoms with Crippen LogP contribution in [0, 0.1) is 12.3 Å². The zero-order chi connectivity index (χ0) is 16.6. The predicted octanol–water partition coefficient (Wildman–Crippen LogP) is 2.50. The van der Waals surface area contributed by atoms with Gasteiger partial charge in [-0.1, -0.05) is 5.92 Å². The number of nitrogens with one attached hydrogen (secondary N) is 1. The Morgan fingerprint density at radius 2 is 2.30 bits per heavy atom. The van der Waals surface area contributed by atoms with E-state index in [1.807, 2.05) is 6.92 Å². The number of anilines is 1. The van der Waals surface area contributed by atoms with Gasteiger partial charge in [0.05, 0.1) is 24.4 Å². The van der Waals surface area contributed by atoms with Gasteiger partial charge in [-0.15, -0.1) is 6.42 Å². The van der Waals surface area contributed by atoms with Gasteiger partial charge in [0, 0.05) is 18.3 Å². The van der Waals surface area contributed by atoms with Crippen molar-refractivity contribution in [3.63, 3.8) is 0 Å². The summed E-state index contributed by atoms with van der Waals surface area (Å²) >= 11 is 0. The van der Waals surface area contributed by atoms with Crippen LogP contribution in [0.25, 0.3) is 0 Å². The standard InChI is InChI=1S/C18H18N2O3/c1-4-5-6-15-11(2)7-12-10-19-14-9-16(21)17(23-3)8-13(14)18(22)20(12)15/h1,5-6,8-9,12,19,21H,7,10H2,2-3H3/b6-5-/t12-/m0/s1. The molecule has 2 aliphatic rings. The number of allylic oxidation sites excluding steroid dienone is 2. The number of phenols is 1. The Balaban J connectivity index is 2.08. The van der Waals surface area contributed by atoms with E-state index in [1.54, 1.807) is 23.1 Å². The number of terminal acetylenes is 1. The van der Waals surface area contributed by atoms with Crippen LogP contribution >= 0.6 is 0 Å². The van der Waals surface area contributed by atoms with Crippen molar-refractivity contribution in [3.05, 3.63) is 41.1 Å². The molecule has 0 bridgehead atoms. The highest BCUT2D eigenvalue weighted by Gasteiger charge is 2.37. The first kappa shape index (κ1) is 15.0. The highest BCUT2D eigenvalue weighted by molar-refractivity contribution is 6.02. The van der Waals surface area contributed by atoms with E-state index in [0.717, 1.165) is 17.7 Å². The molecule has 2 aliphatic heterocycles. The lowest BCUT2D eigenvalue weighted by Crippen LogP contribution is -2.37. The Morgan fingerprint density at radius 3 is 3.00 bits per heavy atom. The number of rotatable bonds is 2. The van der Waals surface area contributed by atoms with E-state index in [0.29, 0.717) is 17.8 Å². The van der Waals surface area contributed by atoms with Gasteiger partial charge in [-0.25, -0.2) is 0 Å². The fraction of sp³-hybridized carbons (Fsp3) is 0.278. The molecule has 2 N–H and O–H groups in total. The number of benzene rings is 1. The molecule has 1 aromatic rings. The second kappa shape index (κ2) is 5.73. The number of methoxy groups -OCH3 is 1. The molecule has 0 saturated heterocycles. The van der Waals surface area contributed by atoms with E-state index < -0.39 is 0 Å². The summed E-state index contributed by atoms with van der Waals surface area (Å²) in [4.78, 5) is 14.8. The maximum Gasteiger partial charge on any atom is 0.260 e. The van der Waals surface area contributed by atoms with E-state index in [-0.39, 0.29) is 23.4 Å². The molecule has 1 atom stereocenters. The molecule has 0 fully saturated rings. The van der Waals surface area contributed by atoms with Gasteiger partial charge in [0.25, 0.3) is 5.91 Å². The number of aromatic hydroxyl groups is 1. The van der Waals surface area contributed by atoms with Crippen LogP contribution in [0.4, 0.5) is 5.69 Å². The van der Waals surface area contributed by atoms with Crippen molar-refractivity contribution in [1.82, 2.24) is 4.90 Å². The molecule has 3 rings (SSSR count). The molecule has 5 heteroatoms. The van der Waals surface area contributed by atoms with Crippen LogP contribution in [0.5, 0.6) is 11.5 Å². The third kappa shape index (κ3) is 2.42. The van der Waals surface area contributed by atoms with Crippen molar-refractivity contribution < 1.29 is 14.6 Å². The number of carbonyl (C=O) groups excluding carboxylic acids is 1. The smallest absolute Gasteiger partial charge is 0.260 e. The molecule has 0 aliphatic carbocycles. The number of hydrogen-bond donors (Lipinski definition) is 2. The summed E-state index contributed by atoms with van der Waals surface area (Å²) < 4.78 is 5.12. The molecule has 23 heavy (non-hydrogen) atoms. The number of phenolic OH excluding ortho intramolecular Hbond substituents is 1. The lowest BCUT2D eigenvalue weighted by Gasteiger charge is -2.24. The third-order valence-corrected chi connectivity index (χ3v) is 4.24. The molecule has 0 aromatic heterocycles. The van der Waals surface area contributed by atoms with E-state index >= 15 is 0 Å². The molecule has 0 unspecified atom stereocenters. The van der Waals surface area contributed by atoms with E-state index in [1.165, 1.54) is 13.2 Å². The van der Waals surface area contributed by atoms with Gasteiger partial charge in [-0.3, -0.25) is 4.79 Å².